The highest BCUT2D eigenvalue weighted by molar-refractivity contribution is 6.12. The molecule has 5 nitrogen and oxygen atoms in total. The fourth-order valence-electron chi connectivity index (χ4n) is 2.77. The van der Waals surface area contributed by atoms with Crippen LogP contribution in [0.5, 0.6) is 0 Å². The summed E-state index contributed by atoms with van der Waals surface area (Å²) >= 11 is 0. The second-order valence-electron chi connectivity index (χ2n) is 4.74. The van der Waals surface area contributed by atoms with E-state index in [0.29, 0.717) is 6.42 Å². The first-order chi connectivity index (χ1) is 8.70. The average Bonchev–Trinajstić information content (AvgIpc) is 3.06. The molecule has 0 bridgehead atoms. The van der Waals surface area contributed by atoms with Gasteiger partial charge in [0.05, 0.1) is 17.9 Å². The van der Waals surface area contributed by atoms with Crippen molar-refractivity contribution in [2.75, 3.05) is 18.5 Å². The van der Waals surface area contributed by atoms with Crippen LogP contribution in [0.25, 0.3) is 0 Å². The zero-order valence-corrected chi connectivity index (χ0v) is 9.77. The first-order valence-corrected chi connectivity index (χ1v) is 5.99. The fourth-order valence-corrected chi connectivity index (χ4v) is 2.77. The van der Waals surface area contributed by atoms with E-state index < -0.39 is 5.41 Å². The Morgan fingerprint density at radius 2 is 2.28 bits per heavy atom. The molecule has 2 aliphatic rings. The third-order valence-corrected chi connectivity index (χ3v) is 3.75. The van der Waals surface area contributed by atoms with Gasteiger partial charge in [0.1, 0.15) is 0 Å². The maximum Gasteiger partial charge on any atom is 0.235 e. The van der Waals surface area contributed by atoms with E-state index in [4.69, 9.17) is 5.11 Å². The Bertz CT molecular complexity index is 529. The van der Waals surface area contributed by atoms with Crippen LogP contribution in [0, 0.1) is 5.92 Å². The second-order valence-corrected chi connectivity index (χ2v) is 4.74. The molecule has 94 valence electrons. The molecule has 1 heterocycles. The van der Waals surface area contributed by atoms with Crippen molar-refractivity contribution in [2.24, 2.45) is 5.92 Å². The van der Waals surface area contributed by atoms with Crippen molar-refractivity contribution >= 4 is 17.5 Å². The van der Waals surface area contributed by atoms with Gasteiger partial charge in [0.25, 0.3) is 0 Å². The molecule has 18 heavy (non-hydrogen) atoms. The van der Waals surface area contributed by atoms with Gasteiger partial charge in [-0.25, -0.2) is 0 Å². The minimum Gasteiger partial charge on any atom is -0.395 e. The Morgan fingerprint density at radius 1 is 1.50 bits per heavy atom. The molecule has 1 spiro atoms. The Morgan fingerprint density at radius 3 is 3.06 bits per heavy atom. The molecule has 1 saturated carbocycles. The molecule has 3 N–H and O–H groups in total. The smallest absolute Gasteiger partial charge is 0.235 e. The lowest BCUT2D eigenvalue weighted by Crippen LogP contribution is -2.33. The van der Waals surface area contributed by atoms with E-state index in [1.807, 2.05) is 24.3 Å². The van der Waals surface area contributed by atoms with Crippen LogP contribution >= 0.6 is 0 Å². The van der Waals surface area contributed by atoms with Crippen LogP contribution in [-0.4, -0.2) is 30.1 Å². The van der Waals surface area contributed by atoms with Crippen LogP contribution in [-0.2, 0) is 15.0 Å². The van der Waals surface area contributed by atoms with Crippen molar-refractivity contribution in [1.29, 1.82) is 0 Å². The van der Waals surface area contributed by atoms with Gasteiger partial charge in [0.2, 0.25) is 11.8 Å². The molecule has 2 atom stereocenters. The van der Waals surface area contributed by atoms with Gasteiger partial charge < -0.3 is 15.7 Å². The first kappa shape index (κ1) is 11.2. The van der Waals surface area contributed by atoms with Crippen molar-refractivity contribution in [3.8, 4) is 0 Å². The number of aliphatic hydroxyl groups is 1. The van der Waals surface area contributed by atoms with Crippen LogP contribution in [0.1, 0.15) is 12.0 Å². The summed E-state index contributed by atoms with van der Waals surface area (Å²) in [4.78, 5) is 23.9. The topological polar surface area (TPSA) is 78.4 Å². The van der Waals surface area contributed by atoms with Gasteiger partial charge in [-0.1, -0.05) is 18.2 Å². The molecule has 1 aliphatic carbocycles. The van der Waals surface area contributed by atoms with Crippen molar-refractivity contribution in [1.82, 2.24) is 5.32 Å². The molecule has 2 unspecified atom stereocenters. The van der Waals surface area contributed by atoms with Gasteiger partial charge in [-0.2, -0.15) is 0 Å². The minimum absolute atomic E-state index is 0.0890. The predicted molar refractivity (Wildman–Crippen MR) is 65.0 cm³/mol. The quantitative estimate of drug-likeness (QED) is 0.702. The molecule has 0 aromatic heterocycles. The van der Waals surface area contributed by atoms with Crippen molar-refractivity contribution in [3.63, 3.8) is 0 Å². The second kappa shape index (κ2) is 3.81. The Hall–Kier alpha value is -1.88. The molecule has 1 fully saturated rings. The Kier molecular flexibility index (Phi) is 2.38. The first-order valence-electron chi connectivity index (χ1n) is 5.99. The number of para-hydroxylation sites is 1. The predicted octanol–water partition coefficient (Wildman–Crippen LogP) is 0.00490. The normalized spacial score (nSPS) is 27.8. The zero-order chi connectivity index (χ0) is 12.8. The summed E-state index contributed by atoms with van der Waals surface area (Å²) in [5.41, 5.74) is 1.05. The number of rotatable bonds is 3. The summed E-state index contributed by atoms with van der Waals surface area (Å²) in [6.07, 6.45) is 0.549. The van der Waals surface area contributed by atoms with E-state index in [0.717, 1.165) is 11.3 Å². The molecule has 1 aromatic rings. The lowest BCUT2D eigenvalue weighted by Gasteiger charge is -2.08. The summed E-state index contributed by atoms with van der Waals surface area (Å²) < 4.78 is 0. The number of benzene rings is 1. The fraction of sp³-hybridized carbons (Fsp3) is 0.385. The Labute approximate surface area is 104 Å². The van der Waals surface area contributed by atoms with Gasteiger partial charge >= 0.3 is 0 Å². The van der Waals surface area contributed by atoms with Gasteiger partial charge in [0, 0.05) is 12.2 Å². The number of carbonyl (C=O) groups excluding carboxylic acids is 2. The van der Waals surface area contributed by atoms with Gasteiger partial charge in [-0.15, -0.1) is 0 Å². The third-order valence-electron chi connectivity index (χ3n) is 3.75. The maximum absolute atomic E-state index is 12.1. The highest BCUT2D eigenvalue weighted by Gasteiger charge is 2.67. The summed E-state index contributed by atoms with van der Waals surface area (Å²) in [5.74, 6) is -0.559. The molecular weight excluding hydrogens is 232 g/mol. The summed E-state index contributed by atoms with van der Waals surface area (Å²) in [7, 11) is 0. The zero-order valence-electron chi connectivity index (χ0n) is 9.77. The number of hydrogen-bond acceptors (Lipinski definition) is 3. The number of hydrogen-bond donors (Lipinski definition) is 3. The third kappa shape index (κ3) is 1.37. The summed E-state index contributed by atoms with van der Waals surface area (Å²) in [5, 5.41) is 14.1. The lowest BCUT2D eigenvalue weighted by atomic mass is 9.94. The van der Waals surface area contributed by atoms with Crippen LogP contribution < -0.4 is 10.6 Å². The van der Waals surface area contributed by atoms with Crippen LogP contribution in [0.2, 0.25) is 0 Å². The highest BCUT2D eigenvalue weighted by atomic mass is 16.3. The number of carbonyl (C=O) groups is 2. The summed E-state index contributed by atoms with van der Waals surface area (Å²) in [6.45, 7) is 0.142. The number of amides is 2. The molecule has 1 aromatic carbocycles. The number of aliphatic hydroxyl groups excluding tert-OH is 1. The van der Waals surface area contributed by atoms with E-state index in [2.05, 4.69) is 10.6 Å². The number of fused-ring (bicyclic) bond motifs is 2. The largest absolute Gasteiger partial charge is 0.395 e. The van der Waals surface area contributed by atoms with E-state index in [9.17, 15) is 9.59 Å². The summed E-state index contributed by atoms with van der Waals surface area (Å²) in [6, 6.07) is 7.48. The molecule has 2 amide bonds. The molecule has 3 rings (SSSR count). The molecule has 5 heteroatoms. The van der Waals surface area contributed by atoms with Crippen molar-refractivity contribution in [3.05, 3.63) is 29.8 Å². The van der Waals surface area contributed by atoms with Gasteiger partial charge in [-0.3, -0.25) is 9.59 Å². The van der Waals surface area contributed by atoms with Crippen molar-refractivity contribution < 1.29 is 14.7 Å². The Balaban J connectivity index is 1.86. The SMILES string of the molecule is O=C(NCCO)C1CC12C(=O)Nc1ccccc12. The van der Waals surface area contributed by atoms with Crippen molar-refractivity contribution in [2.45, 2.75) is 11.8 Å². The standard InChI is InChI=1S/C13H14N2O3/c16-6-5-14-11(17)9-7-13(9)8-3-1-2-4-10(8)15-12(13)18/h1-4,9,16H,5-7H2,(H,14,17)(H,15,18). The lowest BCUT2D eigenvalue weighted by molar-refractivity contribution is -0.125. The number of anilines is 1. The van der Waals surface area contributed by atoms with E-state index >= 15 is 0 Å². The highest BCUT2D eigenvalue weighted by Crippen LogP contribution is 2.59. The van der Waals surface area contributed by atoms with Crippen LogP contribution in [0.3, 0.4) is 0 Å². The van der Waals surface area contributed by atoms with E-state index in [1.54, 1.807) is 0 Å². The van der Waals surface area contributed by atoms with E-state index in [-0.39, 0.29) is 30.9 Å². The molecule has 0 radical (unpaired) electrons. The monoisotopic (exact) mass is 246 g/mol. The molecule has 1 aliphatic heterocycles. The van der Waals surface area contributed by atoms with Gasteiger partial charge in [-0.05, 0) is 18.1 Å². The van der Waals surface area contributed by atoms with Crippen LogP contribution in [0.15, 0.2) is 24.3 Å². The number of nitrogens with one attached hydrogen (secondary N) is 2. The maximum atomic E-state index is 12.1. The molecule has 0 saturated heterocycles. The molecular formula is C13H14N2O3. The average molecular weight is 246 g/mol. The minimum atomic E-state index is -0.671. The van der Waals surface area contributed by atoms with Gasteiger partial charge in [0.15, 0.2) is 0 Å². The van der Waals surface area contributed by atoms with E-state index in [1.165, 1.54) is 0 Å². The van der Waals surface area contributed by atoms with Crippen LogP contribution in [0.4, 0.5) is 5.69 Å².